The van der Waals surface area contributed by atoms with E-state index in [0.29, 0.717) is 18.4 Å². The topological polar surface area (TPSA) is 45.7 Å². The Hall–Kier alpha value is -2.82. The number of rotatable bonds is 3. The minimum atomic E-state index is 0.0834. The summed E-state index contributed by atoms with van der Waals surface area (Å²) in [4.78, 5) is 22.4. The van der Waals surface area contributed by atoms with Gasteiger partial charge in [-0.1, -0.05) is 24.3 Å². The fourth-order valence-electron chi connectivity index (χ4n) is 5.06. The zero-order valence-corrected chi connectivity index (χ0v) is 16.9. The van der Waals surface area contributed by atoms with E-state index in [-0.39, 0.29) is 12.1 Å². The predicted molar refractivity (Wildman–Crippen MR) is 114 cm³/mol. The summed E-state index contributed by atoms with van der Waals surface area (Å²) < 4.78 is 5.81. The van der Waals surface area contributed by atoms with Crippen molar-refractivity contribution >= 4 is 17.4 Å². The van der Waals surface area contributed by atoms with Crippen LogP contribution in [0.15, 0.2) is 48.7 Å². The third kappa shape index (κ3) is 3.18. The molecule has 1 aliphatic carbocycles. The summed E-state index contributed by atoms with van der Waals surface area (Å²) in [6, 6.07) is 12.6. The maximum Gasteiger partial charge on any atom is 0.329 e. The summed E-state index contributed by atoms with van der Waals surface area (Å²) in [5, 5.41) is 0. The molecular weight excluding hydrogens is 362 g/mol. The van der Waals surface area contributed by atoms with E-state index in [4.69, 9.17) is 4.74 Å². The Morgan fingerprint density at radius 2 is 2.10 bits per heavy atom. The second-order valence-electron chi connectivity index (χ2n) is 8.10. The highest BCUT2D eigenvalue weighted by atomic mass is 16.5. The quantitative estimate of drug-likeness (QED) is 0.752. The van der Waals surface area contributed by atoms with Crippen molar-refractivity contribution in [2.45, 2.75) is 45.1 Å². The molecule has 1 saturated carbocycles. The van der Waals surface area contributed by atoms with Gasteiger partial charge in [-0.2, -0.15) is 0 Å². The van der Waals surface area contributed by atoms with E-state index < -0.39 is 0 Å². The fourth-order valence-corrected chi connectivity index (χ4v) is 5.06. The molecule has 1 aromatic carbocycles. The van der Waals surface area contributed by atoms with E-state index in [0.717, 1.165) is 55.6 Å². The average molecular weight is 389 g/mol. The Bertz CT molecular complexity index is 955. The maximum atomic E-state index is 13.9. The zero-order chi connectivity index (χ0) is 19.8. The van der Waals surface area contributed by atoms with E-state index in [1.165, 1.54) is 5.56 Å². The largest absolute Gasteiger partial charge is 0.477 e. The van der Waals surface area contributed by atoms with Crippen LogP contribution in [0.3, 0.4) is 0 Å². The molecule has 5 nitrogen and oxygen atoms in total. The molecule has 0 N–H and O–H groups in total. The van der Waals surface area contributed by atoms with Crippen molar-refractivity contribution in [1.29, 1.82) is 0 Å². The first-order valence-corrected chi connectivity index (χ1v) is 10.7. The van der Waals surface area contributed by atoms with Crippen LogP contribution in [0.1, 0.15) is 43.7 Å². The first kappa shape index (κ1) is 18.2. The number of urea groups is 1. The summed E-state index contributed by atoms with van der Waals surface area (Å²) >= 11 is 0. The predicted octanol–water partition coefficient (Wildman–Crippen LogP) is 4.88. The number of allylic oxidation sites excluding steroid dienone is 1. The van der Waals surface area contributed by atoms with Crippen molar-refractivity contribution in [3.8, 4) is 5.88 Å². The molecule has 29 heavy (non-hydrogen) atoms. The van der Waals surface area contributed by atoms with Gasteiger partial charge in [0.1, 0.15) is 0 Å². The molecule has 2 aliphatic heterocycles. The van der Waals surface area contributed by atoms with Crippen molar-refractivity contribution < 1.29 is 9.53 Å². The van der Waals surface area contributed by atoms with Crippen molar-refractivity contribution in [2.24, 2.45) is 5.92 Å². The van der Waals surface area contributed by atoms with E-state index in [2.05, 4.69) is 29.3 Å². The number of amides is 2. The Morgan fingerprint density at radius 3 is 3.00 bits per heavy atom. The van der Waals surface area contributed by atoms with Crippen LogP contribution in [0.2, 0.25) is 0 Å². The van der Waals surface area contributed by atoms with Crippen LogP contribution in [0.4, 0.5) is 10.5 Å². The molecule has 3 heterocycles. The lowest BCUT2D eigenvalue weighted by Gasteiger charge is -2.40. The third-order valence-corrected chi connectivity index (χ3v) is 6.34. The van der Waals surface area contributed by atoms with Crippen molar-refractivity contribution in [3.05, 3.63) is 59.8 Å². The van der Waals surface area contributed by atoms with Crippen molar-refractivity contribution in [2.75, 3.05) is 18.1 Å². The van der Waals surface area contributed by atoms with E-state index >= 15 is 0 Å². The van der Waals surface area contributed by atoms with Gasteiger partial charge >= 0.3 is 6.03 Å². The van der Waals surface area contributed by atoms with Gasteiger partial charge in [-0.15, -0.1) is 0 Å². The van der Waals surface area contributed by atoms with Gasteiger partial charge in [0.05, 0.1) is 17.9 Å². The lowest BCUT2D eigenvalue weighted by atomic mass is 9.97. The Kier molecular flexibility index (Phi) is 4.74. The monoisotopic (exact) mass is 389 g/mol. The average Bonchev–Trinajstić information content (AvgIpc) is 3.14. The van der Waals surface area contributed by atoms with Crippen LogP contribution in [0, 0.1) is 5.92 Å². The highest BCUT2D eigenvalue weighted by molar-refractivity contribution is 5.99. The van der Waals surface area contributed by atoms with E-state index in [1.807, 2.05) is 34.9 Å². The molecule has 5 heteroatoms. The van der Waals surface area contributed by atoms with Gasteiger partial charge in [0.2, 0.25) is 5.88 Å². The number of benzene rings is 1. The minimum Gasteiger partial charge on any atom is -0.477 e. The van der Waals surface area contributed by atoms with Gasteiger partial charge in [-0.25, -0.2) is 9.78 Å². The van der Waals surface area contributed by atoms with Gasteiger partial charge in [0.25, 0.3) is 0 Å². The molecule has 2 aromatic rings. The standard InChI is InChI=1S/C24H27N3O2/c1-2-29-23-20(9-5-13-25-23)22-16-17-11-12-19(15-17)27(22)24(28)26-14-6-8-18-7-3-4-10-21(18)26/h3-5,7,9-10,13,16-17,19H,2,6,8,11-12,14-15H2,1H3. The van der Waals surface area contributed by atoms with Crippen LogP contribution in [0.25, 0.3) is 5.70 Å². The number of aryl methyl sites for hydroxylation is 1. The molecule has 0 spiro atoms. The Morgan fingerprint density at radius 1 is 1.21 bits per heavy atom. The number of hydrogen-bond donors (Lipinski definition) is 0. The molecule has 150 valence electrons. The van der Waals surface area contributed by atoms with Gasteiger partial charge in [0.15, 0.2) is 0 Å². The van der Waals surface area contributed by atoms with E-state index in [9.17, 15) is 4.79 Å². The molecule has 0 saturated heterocycles. The number of anilines is 1. The summed E-state index contributed by atoms with van der Waals surface area (Å²) in [6.07, 6.45) is 9.30. The van der Waals surface area contributed by atoms with Crippen molar-refractivity contribution in [3.63, 3.8) is 0 Å². The first-order valence-electron chi connectivity index (χ1n) is 10.7. The van der Waals surface area contributed by atoms with Gasteiger partial charge in [0, 0.05) is 24.5 Å². The molecule has 1 fully saturated rings. The molecule has 5 rings (SSSR count). The number of aromatic nitrogens is 1. The van der Waals surface area contributed by atoms with Gasteiger partial charge in [-0.05, 0) is 68.7 Å². The Labute approximate surface area is 172 Å². The lowest BCUT2D eigenvalue weighted by molar-refractivity contribution is 0.207. The fraction of sp³-hybridized carbons (Fsp3) is 0.417. The second-order valence-corrected chi connectivity index (χ2v) is 8.10. The molecule has 3 aliphatic rings. The number of pyridine rings is 1. The summed E-state index contributed by atoms with van der Waals surface area (Å²) in [6.45, 7) is 3.28. The van der Waals surface area contributed by atoms with Crippen molar-refractivity contribution in [1.82, 2.24) is 9.88 Å². The van der Waals surface area contributed by atoms with Gasteiger partial charge < -0.3 is 4.74 Å². The van der Waals surface area contributed by atoms with Crippen LogP contribution in [-0.4, -0.2) is 35.1 Å². The molecular formula is C24H27N3O2. The maximum absolute atomic E-state index is 13.9. The second kappa shape index (κ2) is 7.54. The number of nitrogens with zero attached hydrogens (tertiary/aromatic N) is 3. The number of carbonyl (C=O) groups excluding carboxylic acids is 1. The molecule has 2 unspecified atom stereocenters. The highest BCUT2D eigenvalue weighted by Crippen LogP contribution is 2.44. The number of hydrogen-bond acceptors (Lipinski definition) is 3. The molecule has 0 radical (unpaired) electrons. The molecule has 2 amide bonds. The number of ether oxygens (including phenoxy) is 1. The lowest BCUT2D eigenvalue weighted by Crippen LogP contribution is -2.49. The highest BCUT2D eigenvalue weighted by Gasteiger charge is 2.41. The normalized spacial score (nSPS) is 22.9. The SMILES string of the molecule is CCOc1ncccc1C1=CC2CCC(C2)N1C(=O)N1CCCc2ccccc21. The van der Waals surface area contributed by atoms with Gasteiger partial charge in [-0.3, -0.25) is 9.80 Å². The van der Waals surface area contributed by atoms with Crippen LogP contribution in [-0.2, 0) is 6.42 Å². The number of para-hydroxylation sites is 1. The van der Waals surface area contributed by atoms with Crippen LogP contribution in [0.5, 0.6) is 5.88 Å². The summed E-state index contributed by atoms with van der Waals surface area (Å²) in [5.41, 5.74) is 4.20. The zero-order valence-electron chi connectivity index (χ0n) is 16.9. The van der Waals surface area contributed by atoms with Crippen LogP contribution >= 0.6 is 0 Å². The molecule has 2 bridgehead atoms. The number of carbonyl (C=O) groups is 1. The Balaban J connectivity index is 1.56. The van der Waals surface area contributed by atoms with Crippen LogP contribution < -0.4 is 9.64 Å². The minimum absolute atomic E-state index is 0.0834. The third-order valence-electron chi connectivity index (χ3n) is 6.34. The first-order chi connectivity index (χ1) is 14.3. The summed E-state index contributed by atoms with van der Waals surface area (Å²) in [7, 11) is 0. The number of fused-ring (bicyclic) bond motifs is 3. The smallest absolute Gasteiger partial charge is 0.329 e. The van der Waals surface area contributed by atoms with E-state index in [1.54, 1.807) is 6.20 Å². The molecule has 1 aromatic heterocycles. The summed E-state index contributed by atoms with van der Waals surface area (Å²) in [5.74, 6) is 1.14. The molecule has 2 atom stereocenters.